The third-order valence-corrected chi connectivity index (χ3v) is 3.40. The molecule has 0 unspecified atom stereocenters. The van der Waals surface area contributed by atoms with E-state index in [1.807, 2.05) is 25.3 Å². The van der Waals surface area contributed by atoms with E-state index in [2.05, 4.69) is 15.4 Å². The van der Waals surface area contributed by atoms with E-state index in [0.717, 1.165) is 11.8 Å². The molecule has 7 nitrogen and oxygen atoms in total. The molecule has 2 heterocycles. The van der Waals surface area contributed by atoms with Crippen molar-refractivity contribution < 1.29 is 14.4 Å². The fraction of sp³-hybridized carbons (Fsp3) is 0.500. The fourth-order valence-corrected chi connectivity index (χ4v) is 2.57. The van der Waals surface area contributed by atoms with E-state index < -0.39 is 5.97 Å². The first-order valence-corrected chi connectivity index (χ1v) is 7.02. The number of aryl methyl sites for hydroxylation is 1. The third kappa shape index (κ3) is 3.01. The molecule has 0 radical (unpaired) electrons. The van der Waals surface area contributed by atoms with Gasteiger partial charge in [-0.25, -0.2) is 0 Å². The van der Waals surface area contributed by atoms with Crippen molar-refractivity contribution in [2.24, 2.45) is 0 Å². The van der Waals surface area contributed by atoms with Gasteiger partial charge in [0.1, 0.15) is 5.76 Å². The van der Waals surface area contributed by atoms with Gasteiger partial charge in [0.05, 0.1) is 5.75 Å². The number of aliphatic carboxylic acids is 1. The van der Waals surface area contributed by atoms with Crippen molar-refractivity contribution in [2.45, 2.75) is 38.4 Å². The van der Waals surface area contributed by atoms with Crippen LogP contribution < -0.4 is 0 Å². The highest BCUT2D eigenvalue weighted by atomic mass is 32.2. The largest absolute Gasteiger partial charge is 0.481 e. The van der Waals surface area contributed by atoms with E-state index in [-0.39, 0.29) is 11.3 Å². The van der Waals surface area contributed by atoms with E-state index >= 15 is 0 Å². The van der Waals surface area contributed by atoms with Crippen molar-refractivity contribution in [1.29, 1.82) is 0 Å². The molecule has 0 aromatic carbocycles. The van der Waals surface area contributed by atoms with Crippen LogP contribution in [0.4, 0.5) is 0 Å². The van der Waals surface area contributed by atoms with Gasteiger partial charge >= 0.3 is 5.97 Å². The van der Waals surface area contributed by atoms with E-state index in [4.69, 9.17) is 9.63 Å². The highest BCUT2D eigenvalue weighted by Gasteiger charge is 2.26. The second-order valence-electron chi connectivity index (χ2n) is 5.32. The van der Waals surface area contributed by atoms with Crippen LogP contribution in [0.5, 0.6) is 0 Å². The minimum Gasteiger partial charge on any atom is -0.481 e. The molecule has 0 saturated heterocycles. The summed E-state index contributed by atoms with van der Waals surface area (Å²) in [5.74, 6) is 0.300. The molecule has 0 spiro atoms. The average molecular weight is 296 g/mol. The molecule has 20 heavy (non-hydrogen) atoms. The molecule has 0 atom stereocenters. The molecule has 2 aromatic rings. The minimum atomic E-state index is -0.891. The highest BCUT2D eigenvalue weighted by Crippen LogP contribution is 2.30. The Hall–Kier alpha value is -1.83. The van der Waals surface area contributed by atoms with Crippen molar-refractivity contribution in [3.05, 3.63) is 11.8 Å². The normalized spacial score (nSPS) is 11.8. The van der Waals surface area contributed by atoms with Crippen LogP contribution >= 0.6 is 11.8 Å². The van der Waals surface area contributed by atoms with Crippen LogP contribution in [0.1, 0.15) is 26.5 Å². The second-order valence-corrected chi connectivity index (χ2v) is 6.26. The van der Waals surface area contributed by atoms with E-state index in [0.29, 0.717) is 22.4 Å². The molecule has 2 rings (SSSR count). The Labute approximate surface area is 120 Å². The van der Waals surface area contributed by atoms with Gasteiger partial charge in [0.2, 0.25) is 0 Å². The lowest BCUT2D eigenvalue weighted by Gasteiger charge is -2.23. The summed E-state index contributed by atoms with van der Waals surface area (Å²) < 4.78 is 6.93. The average Bonchev–Trinajstić information content (AvgIpc) is 2.90. The SMILES string of the molecule is Cc1cc(-c2nnc(SCC(=O)O)n2C(C)(C)C)no1. The van der Waals surface area contributed by atoms with Crippen LogP contribution in [0.3, 0.4) is 0 Å². The van der Waals surface area contributed by atoms with Crippen molar-refractivity contribution in [3.8, 4) is 11.5 Å². The van der Waals surface area contributed by atoms with Gasteiger partial charge in [0, 0.05) is 11.6 Å². The maximum Gasteiger partial charge on any atom is 0.313 e. The number of carbonyl (C=O) groups is 1. The van der Waals surface area contributed by atoms with Crippen LogP contribution in [0.25, 0.3) is 11.5 Å². The zero-order valence-electron chi connectivity index (χ0n) is 11.7. The van der Waals surface area contributed by atoms with Gasteiger partial charge < -0.3 is 9.63 Å². The van der Waals surface area contributed by atoms with Gasteiger partial charge in [-0.15, -0.1) is 10.2 Å². The summed E-state index contributed by atoms with van der Waals surface area (Å²) in [6.07, 6.45) is 0. The molecule has 0 amide bonds. The van der Waals surface area contributed by atoms with Crippen LogP contribution in [0.2, 0.25) is 0 Å². The Bertz CT molecular complexity index is 627. The summed E-state index contributed by atoms with van der Waals surface area (Å²) in [5, 5.41) is 21.5. The van der Waals surface area contributed by atoms with Crippen LogP contribution in [-0.4, -0.2) is 36.7 Å². The molecule has 0 aliphatic heterocycles. The number of nitrogens with zero attached hydrogens (tertiary/aromatic N) is 4. The number of carboxylic acid groups (broad SMARTS) is 1. The van der Waals surface area contributed by atoms with Gasteiger partial charge in [-0.2, -0.15) is 0 Å². The Kier molecular flexibility index (Phi) is 3.85. The molecule has 0 bridgehead atoms. The molecule has 108 valence electrons. The van der Waals surface area contributed by atoms with E-state index in [9.17, 15) is 4.79 Å². The zero-order chi connectivity index (χ0) is 14.9. The summed E-state index contributed by atoms with van der Waals surface area (Å²) >= 11 is 1.14. The summed E-state index contributed by atoms with van der Waals surface area (Å²) in [4.78, 5) is 10.7. The van der Waals surface area contributed by atoms with Crippen LogP contribution in [0, 0.1) is 6.92 Å². The third-order valence-electron chi connectivity index (χ3n) is 2.49. The number of hydrogen-bond acceptors (Lipinski definition) is 6. The molecule has 2 aromatic heterocycles. The first-order valence-electron chi connectivity index (χ1n) is 6.03. The quantitative estimate of drug-likeness (QED) is 0.864. The predicted octanol–water partition coefficient (Wildman–Crippen LogP) is 2.17. The second kappa shape index (κ2) is 5.28. The summed E-state index contributed by atoms with van der Waals surface area (Å²) in [6, 6.07) is 1.78. The Balaban J connectivity index is 2.45. The first kappa shape index (κ1) is 14.6. The van der Waals surface area contributed by atoms with Crippen molar-refractivity contribution >= 4 is 17.7 Å². The molecular weight excluding hydrogens is 280 g/mol. The topological polar surface area (TPSA) is 94.0 Å². The molecule has 0 aliphatic rings. The summed E-state index contributed by atoms with van der Waals surface area (Å²) in [5.41, 5.74) is 0.291. The molecule has 0 saturated carbocycles. The van der Waals surface area contributed by atoms with Crippen molar-refractivity contribution in [2.75, 3.05) is 5.75 Å². The van der Waals surface area contributed by atoms with Crippen molar-refractivity contribution in [1.82, 2.24) is 19.9 Å². The van der Waals surface area contributed by atoms with Gasteiger partial charge in [-0.3, -0.25) is 9.36 Å². The van der Waals surface area contributed by atoms with Gasteiger partial charge in [0.15, 0.2) is 16.7 Å². The molecule has 0 fully saturated rings. The summed E-state index contributed by atoms with van der Waals surface area (Å²) in [6.45, 7) is 7.79. The summed E-state index contributed by atoms with van der Waals surface area (Å²) in [7, 11) is 0. The lowest BCUT2D eigenvalue weighted by Crippen LogP contribution is -2.24. The maximum atomic E-state index is 10.7. The number of hydrogen-bond donors (Lipinski definition) is 1. The lowest BCUT2D eigenvalue weighted by molar-refractivity contribution is -0.133. The zero-order valence-corrected chi connectivity index (χ0v) is 12.6. The number of thioether (sulfide) groups is 1. The monoisotopic (exact) mass is 296 g/mol. The molecule has 8 heteroatoms. The fourth-order valence-electron chi connectivity index (χ4n) is 1.73. The van der Waals surface area contributed by atoms with Gasteiger partial charge in [-0.1, -0.05) is 16.9 Å². The Morgan fingerprint density at radius 2 is 2.15 bits per heavy atom. The highest BCUT2D eigenvalue weighted by molar-refractivity contribution is 7.99. The number of carboxylic acids is 1. The first-order chi connectivity index (χ1) is 9.29. The van der Waals surface area contributed by atoms with Gasteiger partial charge in [0.25, 0.3) is 0 Å². The minimum absolute atomic E-state index is 0.0634. The maximum absolute atomic E-state index is 10.7. The van der Waals surface area contributed by atoms with Crippen LogP contribution in [-0.2, 0) is 10.3 Å². The van der Waals surface area contributed by atoms with Crippen molar-refractivity contribution in [3.63, 3.8) is 0 Å². The predicted molar refractivity (Wildman–Crippen MR) is 73.6 cm³/mol. The molecular formula is C12H16N4O3S. The van der Waals surface area contributed by atoms with Crippen LogP contribution in [0.15, 0.2) is 15.7 Å². The smallest absolute Gasteiger partial charge is 0.313 e. The number of aromatic nitrogens is 4. The Morgan fingerprint density at radius 3 is 2.65 bits per heavy atom. The standard InChI is InChI=1S/C12H16N4O3S/c1-7-5-8(15-19-7)10-13-14-11(20-6-9(17)18)16(10)12(2,3)4/h5H,6H2,1-4H3,(H,17,18). The lowest BCUT2D eigenvalue weighted by atomic mass is 10.1. The molecule has 0 aliphatic carbocycles. The van der Waals surface area contributed by atoms with Gasteiger partial charge in [-0.05, 0) is 27.7 Å². The van der Waals surface area contributed by atoms with E-state index in [1.54, 1.807) is 13.0 Å². The molecule has 1 N–H and O–H groups in total. The van der Waals surface area contributed by atoms with E-state index in [1.165, 1.54) is 0 Å². The number of rotatable bonds is 4. The Morgan fingerprint density at radius 1 is 1.45 bits per heavy atom.